The van der Waals surface area contributed by atoms with Crippen LogP contribution in [0.4, 0.5) is 17.2 Å². The molecule has 2 aromatic rings. The van der Waals surface area contributed by atoms with Gasteiger partial charge in [-0.25, -0.2) is 0 Å². The van der Waals surface area contributed by atoms with Gasteiger partial charge in [-0.1, -0.05) is 19.1 Å². The molecule has 0 spiro atoms. The number of carbonyl (C=O) groups excluding carboxylic acids is 1. The summed E-state index contributed by atoms with van der Waals surface area (Å²) in [6.07, 6.45) is 2.54. The van der Waals surface area contributed by atoms with Crippen molar-refractivity contribution in [3.63, 3.8) is 0 Å². The molecule has 5 nitrogen and oxygen atoms in total. The number of hydrogen-bond donors (Lipinski definition) is 0. The Morgan fingerprint density at radius 3 is 2.43 bits per heavy atom. The molecule has 0 saturated carbocycles. The van der Waals surface area contributed by atoms with Crippen LogP contribution in [0, 0.1) is 0 Å². The fourth-order valence-electron chi connectivity index (χ4n) is 2.74. The quantitative estimate of drug-likeness (QED) is 0.868. The zero-order chi connectivity index (χ0) is 14.8. The average molecular weight is 282 g/mol. The summed E-state index contributed by atoms with van der Waals surface area (Å²) in [4.78, 5) is 16.7. The molecule has 21 heavy (non-hydrogen) atoms. The molecule has 0 radical (unpaired) electrons. The first-order valence-corrected chi connectivity index (χ1v) is 7.28. The van der Waals surface area contributed by atoms with Crippen molar-refractivity contribution in [2.75, 3.05) is 22.9 Å². The molecule has 3 rings (SSSR count). The lowest BCUT2D eigenvalue weighted by atomic mass is 10.2. The summed E-state index contributed by atoms with van der Waals surface area (Å²) in [6, 6.07) is 9.72. The zero-order valence-electron chi connectivity index (χ0n) is 12.3. The van der Waals surface area contributed by atoms with Crippen molar-refractivity contribution < 1.29 is 4.79 Å². The van der Waals surface area contributed by atoms with Gasteiger partial charge in [-0.2, -0.15) is 5.10 Å². The number of benzene rings is 1. The summed E-state index contributed by atoms with van der Waals surface area (Å²) < 4.78 is 0. The van der Waals surface area contributed by atoms with Crippen molar-refractivity contribution in [3.05, 3.63) is 42.1 Å². The van der Waals surface area contributed by atoms with Crippen LogP contribution in [0.5, 0.6) is 0 Å². The van der Waals surface area contributed by atoms with Gasteiger partial charge in [0.2, 0.25) is 0 Å². The summed E-state index contributed by atoms with van der Waals surface area (Å²) >= 11 is 0. The van der Waals surface area contributed by atoms with Crippen LogP contribution in [0.3, 0.4) is 0 Å². The van der Waals surface area contributed by atoms with Crippen molar-refractivity contribution in [2.24, 2.45) is 0 Å². The van der Waals surface area contributed by atoms with Crippen molar-refractivity contribution in [2.45, 2.75) is 20.3 Å². The molecule has 108 valence electrons. The fourth-order valence-corrected chi connectivity index (χ4v) is 2.74. The molecule has 5 heteroatoms. The van der Waals surface area contributed by atoms with E-state index >= 15 is 0 Å². The second-order valence-electron chi connectivity index (χ2n) is 4.96. The molecular formula is C16H18N4O. The lowest BCUT2D eigenvalue weighted by Crippen LogP contribution is -2.29. The van der Waals surface area contributed by atoms with Crippen molar-refractivity contribution in [1.29, 1.82) is 0 Å². The number of anilines is 3. The Hall–Kier alpha value is -2.43. The fraction of sp³-hybridized carbons (Fsp3) is 0.312. The minimum atomic E-state index is -0.0200. The van der Waals surface area contributed by atoms with Crippen LogP contribution in [-0.2, 0) is 0 Å². The van der Waals surface area contributed by atoms with E-state index in [2.05, 4.69) is 22.0 Å². The maximum Gasteiger partial charge on any atom is 0.262 e. The summed E-state index contributed by atoms with van der Waals surface area (Å²) in [5, 5.41) is 8.19. The van der Waals surface area contributed by atoms with E-state index < -0.39 is 0 Å². The molecular weight excluding hydrogens is 264 g/mol. The summed E-state index contributed by atoms with van der Waals surface area (Å²) in [6.45, 7) is 5.52. The second-order valence-corrected chi connectivity index (χ2v) is 4.96. The SMILES string of the molecule is CCCN1c2ccccc2N(CC)C(=O)c2ccnnc21. The third-order valence-electron chi connectivity index (χ3n) is 3.66. The Bertz CT molecular complexity index is 671. The summed E-state index contributed by atoms with van der Waals surface area (Å²) in [5.74, 6) is 0.626. The predicted octanol–water partition coefficient (Wildman–Crippen LogP) is 3.00. The monoisotopic (exact) mass is 282 g/mol. The molecule has 2 heterocycles. The number of hydrogen-bond acceptors (Lipinski definition) is 4. The maximum atomic E-state index is 12.8. The highest BCUT2D eigenvalue weighted by atomic mass is 16.2. The molecule has 0 saturated heterocycles. The number of fused-ring (bicyclic) bond motifs is 2. The van der Waals surface area contributed by atoms with Gasteiger partial charge in [0, 0.05) is 13.1 Å². The normalized spacial score (nSPS) is 13.7. The molecule has 1 amide bonds. The number of aromatic nitrogens is 2. The summed E-state index contributed by atoms with van der Waals surface area (Å²) in [7, 11) is 0. The average Bonchev–Trinajstić information content (AvgIpc) is 2.63. The van der Waals surface area contributed by atoms with E-state index in [1.807, 2.05) is 31.2 Å². The van der Waals surface area contributed by atoms with Crippen molar-refractivity contribution >= 4 is 23.1 Å². The Morgan fingerprint density at radius 1 is 1.05 bits per heavy atom. The van der Waals surface area contributed by atoms with E-state index in [4.69, 9.17) is 0 Å². The van der Waals surface area contributed by atoms with E-state index in [-0.39, 0.29) is 5.91 Å². The van der Waals surface area contributed by atoms with Crippen LogP contribution in [0.15, 0.2) is 36.5 Å². The first kappa shape index (κ1) is 13.5. The standard InChI is InChI=1S/C16H18N4O/c1-3-11-20-14-8-6-5-7-13(14)19(4-2)16(21)12-9-10-17-18-15(12)20/h5-10H,3-4,11H2,1-2H3. The van der Waals surface area contributed by atoms with Crippen LogP contribution in [0.1, 0.15) is 30.6 Å². The number of rotatable bonds is 3. The molecule has 0 bridgehead atoms. The van der Waals surface area contributed by atoms with Crippen LogP contribution >= 0.6 is 0 Å². The molecule has 1 aromatic heterocycles. The van der Waals surface area contributed by atoms with Crippen LogP contribution in [-0.4, -0.2) is 29.2 Å². The minimum absolute atomic E-state index is 0.0200. The predicted molar refractivity (Wildman–Crippen MR) is 83.1 cm³/mol. The van der Waals surface area contributed by atoms with E-state index in [0.717, 1.165) is 24.3 Å². The van der Waals surface area contributed by atoms with Crippen LogP contribution < -0.4 is 9.80 Å². The smallest absolute Gasteiger partial charge is 0.262 e. The highest BCUT2D eigenvalue weighted by Gasteiger charge is 2.30. The van der Waals surface area contributed by atoms with Gasteiger partial charge in [-0.05, 0) is 31.5 Å². The van der Waals surface area contributed by atoms with E-state index in [0.29, 0.717) is 17.9 Å². The van der Waals surface area contributed by atoms with Crippen LogP contribution in [0.2, 0.25) is 0 Å². The lowest BCUT2D eigenvalue weighted by molar-refractivity contribution is 0.0989. The molecule has 0 atom stereocenters. The molecule has 1 aromatic carbocycles. The van der Waals surface area contributed by atoms with E-state index in [9.17, 15) is 4.79 Å². The van der Waals surface area contributed by atoms with Gasteiger partial charge in [0.1, 0.15) is 0 Å². The van der Waals surface area contributed by atoms with Gasteiger partial charge in [-0.15, -0.1) is 5.10 Å². The van der Waals surface area contributed by atoms with Gasteiger partial charge in [0.25, 0.3) is 5.91 Å². The number of para-hydroxylation sites is 2. The Balaban J connectivity index is 2.28. The Labute approximate surface area is 124 Å². The highest BCUT2D eigenvalue weighted by Crippen LogP contribution is 2.39. The van der Waals surface area contributed by atoms with Gasteiger partial charge >= 0.3 is 0 Å². The third-order valence-corrected chi connectivity index (χ3v) is 3.66. The molecule has 0 fully saturated rings. The van der Waals surface area contributed by atoms with Gasteiger partial charge in [0.15, 0.2) is 5.82 Å². The first-order valence-electron chi connectivity index (χ1n) is 7.28. The largest absolute Gasteiger partial charge is 0.322 e. The maximum absolute atomic E-state index is 12.8. The second kappa shape index (κ2) is 5.52. The first-order chi connectivity index (χ1) is 10.3. The van der Waals surface area contributed by atoms with Gasteiger partial charge < -0.3 is 9.80 Å². The Kier molecular flexibility index (Phi) is 3.56. The van der Waals surface area contributed by atoms with Gasteiger partial charge in [0.05, 0.1) is 23.1 Å². The summed E-state index contributed by atoms with van der Waals surface area (Å²) in [5.41, 5.74) is 2.54. The van der Waals surface area contributed by atoms with Crippen LogP contribution in [0.25, 0.3) is 0 Å². The highest BCUT2D eigenvalue weighted by molar-refractivity contribution is 6.13. The molecule has 1 aliphatic heterocycles. The third kappa shape index (κ3) is 2.14. The van der Waals surface area contributed by atoms with Gasteiger partial charge in [-0.3, -0.25) is 4.79 Å². The van der Waals surface area contributed by atoms with Crippen molar-refractivity contribution in [3.8, 4) is 0 Å². The number of amides is 1. The van der Waals surface area contributed by atoms with E-state index in [1.54, 1.807) is 17.2 Å². The van der Waals surface area contributed by atoms with Crippen molar-refractivity contribution in [1.82, 2.24) is 10.2 Å². The molecule has 0 N–H and O–H groups in total. The number of carbonyl (C=O) groups is 1. The zero-order valence-corrected chi connectivity index (χ0v) is 12.3. The van der Waals surface area contributed by atoms with E-state index in [1.165, 1.54) is 0 Å². The lowest BCUT2D eigenvalue weighted by Gasteiger charge is -2.25. The number of nitrogens with zero attached hydrogens (tertiary/aromatic N) is 4. The topological polar surface area (TPSA) is 49.3 Å². The molecule has 0 unspecified atom stereocenters. The molecule has 0 aliphatic carbocycles. The molecule has 1 aliphatic rings. The minimum Gasteiger partial charge on any atom is -0.322 e. The Morgan fingerprint density at radius 2 is 1.76 bits per heavy atom.